The first-order valence-electron chi connectivity index (χ1n) is 7.19. The topological polar surface area (TPSA) is 44.8 Å². The summed E-state index contributed by atoms with van der Waals surface area (Å²) in [6, 6.07) is 9.99. The van der Waals surface area contributed by atoms with Gasteiger partial charge in [0.15, 0.2) is 0 Å². The number of fused-ring (bicyclic) bond motifs is 2. The smallest absolute Gasteiger partial charge is 0.235 e. The van der Waals surface area contributed by atoms with Gasteiger partial charge in [-0.25, -0.2) is 0 Å². The van der Waals surface area contributed by atoms with E-state index < -0.39 is 5.79 Å². The van der Waals surface area contributed by atoms with Gasteiger partial charge < -0.3 is 14.2 Å². The molecule has 0 saturated heterocycles. The van der Waals surface area contributed by atoms with E-state index in [1.807, 2.05) is 42.5 Å². The molecule has 0 aliphatic heterocycles. The van der Waals surface area contributed by atoms with E-state index in [1.165, 1.54) is 14.2 Å². The highest BCUT2D eigenvalue weighted by Crippen LogP contribution is 2.44. The fraction of sp³-hybridized carbons (Fsp3) is 0.471. The Morgan fingerprint density at radius 2 is 1.86 bits per heavy atom. The predicted molar refractivity (Wildman–Crippen MR) is 77.5 cm³/mol. The van der Waals surface area contributed by atoms with Crippen molar-refractivity contribution in [1.82, 2.24) is 0 Å². The molecule has 1 aromatic carbocycles. The average molecular weight is 288 g/mol. The number of carbonyl (C=O) groups excluding carboxylic acids is 1. The summed E-state index contributed by atoms with van der Waals surface area (Å²) in [5.41, 5.74) is 1.11. The Labute approximate surface area is 124 Å². The van der Waals surface area contributed by atoms with Crippen molar-refractivity contribution < 1.29 is 19.0 Å². The van der Waals surface area contributed by atoms with Crippen LogP contribution >= 0.6 is 0 Å². The molecule has 1 aromatic rings. The molecule has 3 atom stereocenters. The number of Topliss-reactive ketones (excluding diaryl/α,β-unsaturated/α-hetero) is 1. The van der Waals surface area contributed by atoms with Crippen molar-refractivity contribution in [1.29, 1.82) is 0 Å². The van der Waals surface area contributed by atoms with Crippen LogP contribution in [0, 0.1) is 11.8 Å². The van der Waals surface area contributed by atoms with Crippen molar-refractivity contribution in [2.24, 2.45) is 11.8 Å². The summed E-state index contributed by atoms with van der Waals surface area (Å²) in [5, 5.41) is 0. The second-order valence-corrected chi connectivity index (χ2v) is 5.53. The number of ketones is 1. The quantitative estimate of drug-likeness (QED) is 0.616. The lowest BCUT2D eigenvalue weighted by atomic mass is 9.69. The van der Waals surface area contributed by atoms with Gasteiger partial charge in [0.25, 0.3) is 0 Å². The van der Waals surface area contributed by atoms with Crippen molar-refractivity contribution in [3.8, 4) is 0 Å². The molecular formula is C17H20O4. The molecule has 21 heavy (non-hydrogen) atoms. The molecule has 0 N–H and O–H groups in total. The number of benzene rings is 1. The van der Waals surface area contributed by atoms with Gasteiger partial charge in [-0.15, -0.1) is 0 Å². The van der Waals surface area contributed by atoms with Gasteiger partial charge in [-0.05, 0) is 12.0 Å². The molecule has 3 aliphatic carbocycles. The first-order chi connectivity index (χ1) is 10.2. The number of hydrogen-bond donors (Lipinski definition) is 0. The minimum atomic E-state index is -1.13. The Morgan fingerprint density at radius 3 is 2.48 bits per heavy atom. The van der Waals surface area contributed by atoms with E-state index >= 15 is 0 Å². The van der Waals surface area contributed by atoms with E-state index in [4.69, 9.17) is 14.2 Å². The molecule has 4 nitrogen and oxygen atoms in total. The van der Waals surface area contributed by atoms with Crippen LogP contribution in [0.3, 0.4) is 0 Å². The summed E-state index contributed by atoms with van der Waals surface area (Å²) in [5.74, 6) is -1.56. The number of rotatable bonds is 5. The van der Waals surface area contributed by atoms with Crippen molar-refractivity contribution in [2.45, 2.75) is 24.9 Å². The van der Waals surface area contributed by atoms with Crippen LogP contribution in [0.4, 0.5) is 0 Å². The Hall–Kier alpha value is -1.49. The Morgan fingerprint density at radius 1 is 1.14 bits per heavy atom. The summed E-state index contributed by atoms with van der Waals surface area (Å²) in [7, 11) is 3.05. The average Bonchev–Trinajstić information content (AvgIpc) is 2.55. The standard InChI is InChI=1S/C17H20O4/c1-19-17(20-2)13-8-9-14(16(17)18)15(10-13)21-11-12-6-4-3-5-7-12/h3-9,13-15H,10-11H2,1-2H3/t13-,14-,15+/m0/s1. The zero-order chi connectivity index (χ0) is 14.9. The van der Waals surface area contributed by atoms with Gasteiger partial charge in [-0.3, -0.25) is 4.79 Å². The van der Waals surface area contributed by atoms with Crippen molar-refractivity contribution in [3.63, 3.8) is 0 Å². The van der Waals surface area contributed by atoms with Gasteiger partial charge in [-0.2, -0.15) is 0 Å². The molecular weight excluding hydrogens is 268 g/mol. The van der Waals surface area contributed by atoms with Crippen LogP contribution in [0.5, 0.6) is 0 Å². The summed E-state index contributed by atoms with van der Waals surface area (Å²) in [6.07, 6.45) is 4.58. The molecule has 0 heterocycles. The van der Waals surface area contributed by atoms with E-state index in [-0.39, 0.29) is 23.7 Å². The van der Waals surface area contributed by atoms with Crippen molar-refractivity contribution in [2.75, 3.05) is 14.2 Å². The van der Waals surface area contributed by atoms with Gasteiger partial charge in [-0.1, -0.05) is 42.5 Å². The van der Waals surface area contributed by atoms with Crippen LogP contribution < -0.4 is 0 Å². The maximum atomic E-state index is 12.6. The summed E-state index contributed by atoms with van der Waals surface area (Å²) < 4.78 is 16.8. The van der Waals surface area contributed by atoms with Crippen molar-refractivity contribution in [3.05, 3.63) is 48.0 Å². The third-order valence-corrected chi connectivity index (χ3v) is 4.49. The molecule has 0 spiro atoms. The van der Waals surface area contributed by atoms with Gasteiger partial charge in [0.2, 0.25) is 11.6 Å². The van der Waals surface area contributed by atoms with Crippen LogP contribution in [0.15, 0.2) is 42.5 Å². The second kappa shape index (κ2) is 5.72. The molecule has 0 radical (unpaired) electrons. The number of hydrogen-bond acceptors (Lipinski definition) is 4. The lowest BCUT2D eigenvalue weighted by Crippen LogP contribution is -2.60. The highest BCUT2D eigenvalue weighted by Gasteiger charge is 2.57. The maximum Gasteiger partial charge on any atom is 0.235 e. The Balaban J connectivity index is 1.72. The van der Waals surface area contributed by atoms with Gasteiger partial charge in [0, 0.05) is 20.1 Å². The van der Waals surface area contributed by atoms with E-state index in [1.54, 1.807) is 0 Å². The third-order valence-electron chi connectivity index (χ3n) is 4.49. The Bertz CT molecular complexity index is 533. The molecule has 3 aliphatic rings. The van der Waals surface area contributed by atoms with Crippen LogP contribution in [0.2, 0.25) is 0 Å². The molecule has 1 saturated carbocycles. The fourth-order valence-corrected chi connectivity index (χ4v) is 3.34. The van der Waals surface area contributed by atoms with Gasteiger partial charge in [0.1, 0.15) is 0 Å². The molecule has 112 valence electrons. The largest absolute Gasteiger partial charge is 0.372 e. The van der Waals surface area contributed by atoms with Gasteiger partial charge >= 0.3 is 0 Å². The first kappa shape index (κ1) is 14.4. The summed E-state index contributed by atoms with van der Waals surface area (Å²) in [4.78, 5) is 12.6. The lowest BCUT2D eigenvalue weighted by molar-refractivity contribution is -0.245. The maximum absolute atomic E-state index is 12.6. The van der Waals surface area contributed by atoms with Gasteiger partial charge in [0.05, 0.1) is 18.6 Å². The fourth-order valence-electron chi connectivity index (χ4n) is 3.34. The van der Waals surface area contributed by atoms with E-state index in [0.29, 0.717) is 6.61 Å². The molecule has 4 rings (SSSR count). The number of carbonyl (C=O) groups is 1. The van der Waals surface area contributed by atoms with Crippen LogP contribution in [-0.4, -0.2) is 31.9 Å². The second-order valence-electron chi connectivity index (χ2n) is 5.53. The van der Waals surface area contributed by atoms with E-state index in [0.717, 1.165) is 12.0 Å². The molecule has 2 bridgehead atoms. The highest BCUT2D eigenvalue weighted by molar-refractivity contribution is 5.92. The van der Waals surface area contributed by atoms with Crippen LogP contribution in [0.1, 0.15) is 12.0 Å². The predicted octanol–water partition coefficient (Wildman–Crippen LogP) is 2.34. The normalized spacial score (nSPS) is 29.8. The number of methoxy groups -OCH3 is 2. The highest BCUT2D eigenvalue weighted by atomic mass is 16.7. The zero-order valence-corrected chi connectivity index (χ0v) is 12.3. The molecule has 1 fully saturated rings. The Kier molecular flexibility index (Phi) is 3.93. The minimum Gasteiger partial charge on any atom is -0.372 e. The lowest BCUT2D eigenvalue weighted by Gasteiger charge is -2.47. The summed E-state index contributed by atoms with van der Waals surface area (Å²) in [6.45, 7) is 0.517. The first-order valence-corrected chi connectivity index (χ1v) is 7.19. The van der Waals surface area contributed by atoms with Crippen LogP contribution in [0.25, 0.3) is 0 Å². The SMILES string of the molecule is COC1(OC)C(=O)[C@H]2C=C[C@H]1C[C@H]2OCc1ccccc1. The number of ether oxygens (including phenoxy) is 3. The van der Waals surface area contributed by atoms with Crippen molar-refractivity contribution >= 4 is 5.78 Å². The molecule has 4 heteroatoms. The molecule has 0 unspecified atom stereocenters. The molecule has 0 aromatic heterocycles. The zero-order valence-electron chi connectivity index (χ0n) is 12.3. The summed E-state index contributed by atoms with van der Waals surface area (Å²) >= 11 is 0. The minimum absolute atomic E-state index is 0.0377. The van der Waals surface area contributed by atoms with E-state index in [2.05, 4.69) is 0 Å². The van der Waals surface area contributed by atoms with E-state index in [9.17, 15) is 4.79 Å². The monoisotopic (exact) mass is 288 g/mol. The third kappa shape index (κ3) is 2.33. The molecule has 0 amide bonds. The van der Waals surface area contributed by atoms with Crippen LogP contribution in [-0.2, 0) is 25.6 Å².